The molecule has 0 radical (unpaired) electrons. The number of hydrogen-bond acceptors (Lipinski definition) is 9. The smallest absolute Gasteiger partial charge is 0.338 e. The molecule has 5 rings (SSSR count). The highest BCUT2D eigenvalue weighted by Crippen LogP contribution is 2.53. The minimum atomic E-state index is -1.78. The Balaban J connectivity index is 1.90. The quantitative estimate of drug-likeness (QED) is 0.0866. The molecule has 9 heteroatoms. The lowest BCUT2D eigenvalue weighted by atomic mass is 9.68. The molecular weight excluding hydrogens is 624 g/mol. The Kier molecular flexibility index (Phi) is 10.9. The predicted molar refractivity (Wildman–Crippen MR) is 183 cm³/mol. The minimum absolute atomic E-state index is 0.0408. The second-order valence-corrected chi connectivity index (χ2v) is 11.9. The van der Waals surface area contributed by atoms with Crippen molar-refractivity contribution in [1.82, 2.24) is 0 Å². The van der Waals surface area contributed by atoms with Crippen LogP contribution < -0.4 is 0 Å². The van der Waals surface area contributed by atoms with Crippen LogP contribution >= 0.6 is 0 Å². The molecule has 1 aliphatic rings. The number of rotatable bonds is 12. The number of esters is 3. The molecule has 0 saturated heterocycles. The SMILES string of the molecule is CCOC(=O)c1ccc(/C(CCC(C)=O)=C2\CC(C(=O)OC)(C(=O)OC)Cc3oc(-c4ccccc4)c([C@H](OC)c4ccccc4)c32)cc1. The summed E-state index contributed by atoms with van der Waals surface area (Å²) in [5, 5.41) is 0. The average molecular weight is 665 g/mol. The predicted octanol–water partition coefficient (Wildman–Crippen LogP) is 7.42. The van der Waals surface area contributed by atoms with E-state index in [-0.39, 0.29) is 38.1 Å². The molecule has 1 atom stereocenters. The summed E-state index contributed by atoms with van der Waals surface area (Å²) in [7, 11) is 4.09. The summed E-state index contributed by atoms with van der Waals surface area (Å²) < 4.78 is 28.7. The maximum Gasteiger partial charge on any atom is 0.338 e. The van der Waals surface area contributed by atoms with Crippen LogP contribution in [0.3, 0.4) is 0 Å². The largest absolute Gasteiger partial charge is 0.468 e. The van der Waals surface area contributed by atoms with Crippen LogP contribution in [0.5, 0.6) is 0 Å². The van der Waals surface area contributed by atoms with Gasteiger partial charge in [0.05, 0.1) is 26.4 Å². The number of hydrogen-bond donors (Lipinski definition) is 0. The third kappa shape index (κ3) is 6.98. The zero-order chi connectivity index (χ0) is 35.1. The van der Waals surface area contributed by atoms with Crippen molar-refractivity contribution in [3.63, 3.8) is 0 Å². The van der Waals surface area contributed by atoms with Crippen molar-refractivity contribution in [1.29, 1.82) is 0 Å². The summed E-state index contributed by atoms with van der Waals surface area (Å²) in [6.45, 7) is 3.48. The Labute approximate surface area is 285 Å². The highest BCUT2D eigenvalue weighted by atomic mass is 16.5. The lowest BCUT2D eigenvalue weighted by Crippen LogP contribution is -2.45. The fraction of sp³-hybridized carbons (Fsp3) is 0.300. The monoisotopic (exact) mass is 664 g/mol. The van der Waals surface area contributed by atoms with Crippen LogP contribution in [0.15, 0.2) is 89.3 Å². The molecule has 1 aromatic heterocycles. The van der Waals surface area contributed by atoms with Crippen LogP contribution in [0.4, 0.5) is 0 Å². The highest BCUT2D eigenvalue weighted by molar-refractivity contribution is 6.06. The van der Waals surface area contributed by atoms with E-state index in [0.717, 1.165) is 16.7 Å². The summed E-state index contributed by atoms with van der Waals surface area (Å²) in [4.78, 5) is 52.4. The van der Waals surface area contributed by atoms with E-state index in [2.05, 4.69) is 0 Å². The second-order valence-electron chi connectivity index (χ2n) is 11.9. The minimum Gasteiger partial charge on any atom is -0.468 e. The maximum atomic E-state index is 13.7. The lowest BCUT2D eigenvalue weighted by molar-refractivity contribution is -0.169. The fourth-order valence-corrected chi connectivity index (χ4v) is 6.59. The third-order valence-electron chi connectivity index (χ3n) is 8.89. The van der Waals surface area contributed by atoms with Gasteiger partial charge < -0.3 is 28.2 Å². The van der Waals surface area contributed by atoms with Crippen molar-refractivity contribution in [2.45, 2.75) is 45.6 Å². The van der Waals surface area contributed by atoms with Gasteiger partial charge in [0.25, 0.3) is 0 Å². The molecule has 0 N–H and O–H groups in total. The molecule has 0 saturated carbocycles. The van der Waals surface area contributed by atoms with Gasteiger partial charge in [0, 0.05) is 43.1 Å². The van der Waals surface area contributed by atoms with Gasteiger partial charge in [0.1, 0.15) is 23.4 Å². The molecule has 0 unspecified atom stereocenters. The van der Waals surface area contributed by atoms with Gasteiger partial charge in [-0.15, -0.1) is 0 Å². The maximum absolute atomic E-state index is 13.7. The van der Waals surface area contributed by atoms with Gasteiger partial charge in [-0.3, -0.25) is 9.59 Å². The Morgan fingerprint density at radius 3 is 1.92 bits per heavy atom. The Hall–Kier alpha value is -5.28. The van der Waals surface area contributed by atoms with E-state index in [1.807, 2.05) is 60.7 Å². The van der Waals surface area contributed by atoms with Crippen molar-refractivity contribution in [2.75, 3.05) is 27.9 Å². The van der Waals surface area contributed by atoms with Gasteiger partial charge in [0.2, 0.25) is 0 Å². The number of methoxy groups -OCH3 is 3. The van der Waals surface area contributed by atoms with E-state index in [1.54, 1.807) is 38.3 Å². The zero-order valence-corrected chi connectivity index (χ0v) is 28.4. The Morgan fingerprint density at radius 1 is 0.776 bits per heavy atom. The van der Waals surface area contributed by atoms with E-state index in [9.17, 15) is 19.2 Å². The first-order valence-corrected chi connectivity index (χ1v) is 16.1. The summed E-state index contributed by atoms with van der Waals surface area (Å²) in [5.74, 6) is -1.13. The number of carbonyl (C=O) groups is 4. The van der Waals surface area contributed by atoms with Crippen LogP contribution in [0.25, 0.3) is 22.5 Å². The van der Waals surface area contributed by atoms with Gasteiger partial charge in [-0.25, -0.2) is 4.79 Å². The first-order valence-electron chi connectivity index (χ1n) is 16.1. The molecule has 9 nitrogen and oxygen atoms in total. The summed E-state index contributed by atoms with van der Waals surface area (Å²) >= 11 is 0. The molecule has 0 amide bonds. The number of carbonyl (C=O) groups excluding carboxylic acids is 4. The number of allylic oxidation sites excluding steroid dienone is 2. The van der Waals surface area contributed by atoms with Gasteiger partial charge in [-0.1, -0.05) is 72.8 Å². The molecular formula is C40H40O9. The molecule has 0 spiro atoms. The third-order valence-corrected chi connectivity index (χ3v) is 8.89. The molecule has 49 heavy (non-hydrogen) atoms. The first kappa shape index (κ1) is 35.0. The molecule has 0 fully saturated rings. The van der Waals surface area contributed by atoms with Crippen molar-refractivity contribution in [2.24, 2.45) is 5.41 Å². The molecule has 0 bridgehead atoms. The van der Waals surface area contributed by atoms with Crippen molar-refractivity contribution < 1.29 is 42.5 Å². The van der Waals surface area contributed by atoms with Crippen molar-refractivity contribution in [3.05, 3.63) is 119 Å². The van der Waals surface area contributed by atoms with Gasteiger partial charge in [-0.05, 0) is 54.7 Å². The lowest BCUT2D eigenvalue weighted by Gasteiger charge is -2.34. The van der Waals surface area contributed by atoms with Gasteiger partial charge >= 0.3 is 17.9 Å². The van der Waals surface area contributed by atoms with Crippen LogP contribution in [-0.4, -0.2) is 51.6 Å². The summed E-state index contributed by atoms with van der Waals surface area (Å²) in [6.07, 6.45) is -0.378. The van der Waals surface area contributed by atoms with Crippen molar-refractivity contribution in [3.8, 4) is 11.3 Å². The van der Waals surface area contributed by atoms with Crippen molar-refractivity contribution >= 4 is 34.8 Å². The number of fused-ring (bicyclic) bond motifs is 1. The molecule has 1 aliphatic carbocycles. The number of ether oxygens (including phenoxy) is 4. The number of benzene rings is 3. The topological polar surface area (TPSA) is 118 Å². The van der Waals surface area contributed by atoms with Crippen LogP contribution in [-0.2, 0) is 39.8 Å². The van der Waals surface area contributed by atoms with Gasteiger partial charge in [0.15, 0.2) is 5.41 Å². The number of furan rings is 1. The molecule has 0 aliphatic heterocycles. The second kappa shape index (κ2) is 15.3. The Morgan fingerprint density at radius 2 is 1.37 bits per heavy atom. The van der Waals surface area contributed by atoms with E-state index < -0.39 is 29.4 Å². The van der Waals surface area contributed by atoms with E-state index in [4.69, 9.17) is 23.4 Å². The van der Waals surface area contributed by atoms with Crippen LogP contribution in [0.2, 0.25) is 0 Å². The summed E-state index contributed by atoms with van der Waals surface area (Å²) in [5.41, 5.74) is 3.64. The van der Waals surface area contributed by atoms with E-state index in [1.165, 1.54) is 21.1 Å². The molecule has 4 aromatic rings. The number of Topliss-reactive ketones (excluding diaryl/α,β-unsaturated/α-hetero) is 1. The molecule has 1 heterocycles. The summed E-state index contributed by atoms with van der Waals surface area (Å²) in [6, 6.07) is 26.1. The van der Waals surface area contributed by atoms with Crippen LogP contribution in [0.1, 0.15) is 77.6 Å². The average Bonchev–Trinajstić information content (AvgIpc) is 3.51. The molecule has 3 aromatic carbocycles. The number of ketones is 1. The fourth-order valence-electron chi connectivity index (χ4n) is 6.59. The van der Waals surface area contributed by atoms with Gasteiger partial charge in [-0.2, -0.15) is 0 Å². The normalized spacial score (nSPS) is 15.0. The van der Waals surface area contributed by atoms with E-state index >= 15 is 0 Å². The highest BCUT2D eigenvalue weighted by Gasteiger charge is 2.54. The zero-order valence-electron chi connectivity index (χ0n) is 28.4. The first-order chi connectivity index (χ1) is 23.7. The Bertz CT molecular complexity index is 1830. The standard InChI is InChI=1S/C40H40O9/c1-6-48-37(42)29-20-18-26(19-21-29)30(22-17-25(2)41)31-23-40(38(43)46-4,39(44)47-5)24-32-33(31)34(35(45-3)27-13-9-7-10-14-27)36(49-32)28-15-11-8-12-16-28/h7-16,18-21,35H,6,17,22-24H2,1-5H3/b31-30+/t35-/m1/s1. The van der Waals surface area contributed by atoms with E-state index in [0.29, 0.717) is 39.4 Å². The molecule has 254 valence electrons. The van der Waals surface area contributed by atoms with Crippen LogP contribution in [0, 0.1) is 5.41 Å².